The Balaban J connectivity index is 1.62. The maximum absolute atomic E-state index is 13.1. The van der Waals surface area contributed by atoms with Crippen LogP contribution in [-0.2, 0) is 19.0 Å². The number of aromatic hydroxyl groups is 1. The molecule has 8 nitrogen and oxygen atoms in total. The SMILES string of the molecule is COOOSc1ccc(C2=NC(=O)c3c2c(O)c2ccccc2c3N2CCOCC2)cc1. The van der Waals surface area contributed by atoms with Crippen LogP contribution in [0.15, 0.2) is 58.4 Å². The van der Waals surface area contributed by atoms with Gasteiger partial charge in [0.25, 0.3) is 5.91 Å². The lowest BCUT2D eigenvalue weighted by molar-refractivity contribution is -0.447. The van der Waals surface area contributed by atoms with Gasteiger partial charge in [-0.1, -0.05) is 41.4 Å². The molecule has 0 bridgehead atoms. The molecular weight excluding hydrogens is 432 g/mol. The summed E-state index contributed by atoms with van der Waals surface area (Å²) in [6, 6.07) is 14.8. The number of amides is 1. The molecule has 0 spiro atoms. The second kappa shape index (κ2) is 8.89. The normalized spacial score (nSPS) is 15.8. The highest BCUT2D eigenvalue weighted by atomic mass is 32.2. The van der Waals surface area contributed by atoms with Crippen molar-refractivity contribution in [2.24, 2.45) is 4.99 Å². The molecule has 9 heteroatoms. The van der Waals surface area contributed by atoms with Gasteiger partial charge in [0.15, 0.2) is 0 Å². The van der Waals surface area contributed by atoms with Crippen molar-refractivity contribution in [3.63, 3.8) is 0 Å². The third kappa shape index (κ3) is 3.64. The number of phenolic OH excluding ortho intramolecular Hbond substituents is 1. The Bertz CT molecular complexity index is 1210. The molecule has 3 aromatic rings. The Kier molecular flexibility index (Phi) is 5.81. The van der Waals surface area contributed by atoms with Gasteiger partial charge in [0, 0.05) is 34.3 Å². The molecule has 1 fully saturated rings. The maximum Gasteiger partial charge on any atom is 0.280 e. The molecule has 5 rings (SSSR count). The van der Waals surface area contributed by atoms with Crippen LogP contribution in [0.2, 0.25) is 0 Å². The summed E-state index contributed by atoms with van der Waals surface area (Å²) in [7, 11) is 1.34. The molecular formula is C23H20N2O6S. The first kappa shape index (κ1) is 20.9. The first-order chi connectivity index (χ1) is 15.7. The van der Waals surface area contributed by atoms with Gasteiger partial charge in [-0.15, -0.1) is 4.33 Å². The fraction of sp³-hybridized carbons (Fsp3) is 0.217. The standard InChI is InChI=1S/C23H20N2O6S/c1-28-30-31-32-15-8-6-14(7-9-15)20-18-19(23(27)24-20)21(25-10-12-29-13-11-25)16-4-2-3-5-17(16)22(18)26/h2-9,26H,10-13H2,1H3. The summed E-state index contributed by atoms with van der Waals surface area (Å²) in [5.74, 6) is -0.291. The Morgan fingerprint density at radius 1 is 1.03 bits per heavy atom. The number of morpholine rings is 1. The van der Waals surface area contributed by atoms with Crippen molar-refractivity contribution in [2.45, 2.75) is 4.90 Å². The van der Waals surface area contributed by atoms with Crippen molar-refractivity contribution >= 4 is 40.1 Å². The van der Waals surface area contributed by atoms with E-state index in [4.69, 9.17) is 9.07 Å². The minimum Gasteiger partial charge on any atom is -0.507 e. The van der Waals surface area contributed by atoms with Gasteiger partial charge in [0.2, 0.25) is 0 Å². The predicted octanol–water partition coefficient (Wildman–Crippen LogP) is 3.89. The number of carbonyl (C=O) groups excluding carboxylic acids is 1. The van der Waals surface area contributed by atoms with Crippen LogP contribution in [0.5, 0.6) is 5.75 Å². The molecule has 164 valence electrons. The van der Waals surface area contributed by atoms with Crippen molar-refractivity contribution in [1.82, 2.24) is 0 Å². The van der Waals surface area contributed by atoms with E-state index in [-0.39, 0.29) is 11.7 Å². The molecule has 0 radical (unpaired) electrons. The molecule has 1 amide bonds. The highest BCUT2D eigenvalue weighted by Crippen LogP contribution is 2.44. The number of hydrogen-bond donors (Lipinski definition) is 1. The lowest BCUT2D eigenvalue weighted by atomic mass is 9.92. The quantitative estimate of drug-likeness (QED) is 0.261. The first-order valence-corrected chi connectivity index (χ1v) is 10.8. The van der Waals surface area contributed by atoms with E-state index in [1.807, 2.05) is 48.5 Å². The van der Waals surface area contributed by atoms with Gasteiger partial charge in [0.1, 0.15) is 5.75 Å². The molecule has 2 aliphatic rings. The van der Waals surface area contributed by atoms with Gasteiger partial charge in [-0.3, -0.25) is 4.79 Å². The van der Waals surface area contributed by atoms with E-state index < -0.39 is 0 Å². The molecule has 3 aromatic carbocycles. The van der Waals surface area contributed by atoms with E-state index in [0.717, 1.165) is 28.0 Å². The molecule has 1 saturated heterocycles. The van der Waals surface area contributed by atoms with Crippen LogP contribution in [-0.4, -0.2) is 50.1 Å². The van der Waals surface area contributed by atoms with Crippen LogP contribution in [0.4, 0.5) is 5.69 Å². The van der Waals surface area contributed by atoms with E-state index in [1.54, 1.807) is 0 Å². The summed E-state index contributed by atoms with van der Waals surface area (Å²) in [6.07, 6.45) is 0. The van der Waals surface area contributed by atoms with E-state index in [2.05, 4.69) is 19.8 Å². The number of phenols is 1. The number of ether oxygens (including phenoxy) is 1. The van der Waals surface area contributed by atoms with Gasteiger partial charge in [0.05, 0.1) is 54.9 Å². The number of carbonyl (C=O) groups is 1. The zero-order valence-electron chi connectivity index (χ0n) is 17.2. The fourth-order valence-corrected chi connectivity index (χ4v) is 4.54. The van der Waals surface area contributed by atoms with E-state index in [0.29, 0.717) is 54.1 Å². The first-order valence-electron chi connectivity index (χ1n) is 10.1. The highest BCUT2D eigenvalue weighted by Gasteiger charge is 2.34. The molecule has 0 aromatic heterocycles. The molecule has 0 unspecified atom stereocenters. The molecule has 0 saturated carbocycles. The summed E-state index contributed by atoms with van der Waals surface area (Å²) in [4.78, 5) is 24.8. The number of benzene rings is 3. The van der Waals surface area contributed by atoms with Crippen molar-refractivity contribution < 1.29 is 28.9 Å². The number of hydrogen-bond acceptors (Lipinski definition) is 8. The monoisotopic (exact) mass is 452 g/mol. The third-order valence-corrected chi connectivity index (χ3v) is 6.09. The summed E-state index contributed by atoms with van der Waals surface area (Å²) in [6.45, 7) is 2.50. The van der Waals surface area contributed by atoms with Gasteiger partial charge in [-0.05, 0) is 12.1 Å². The molecule has 2 heterocycles. The summed E-state index contributed by atoms with van der Waals surface area (Å²) in [5, 5.41) is 17.1. The van der Waals surface area contributed by atoms with Gasteiger partial charge < -0.3 is 14.7 Å². The average molecular weight is 452 g/mol. The molecule has 0 atom stereocenters. The summed E-state index contributed by atoms with van der Waals surface area (Å²) in [5.41, 5.74) is 2.88. The van der Waals surface area contributed by atoms with E-state index in [1.165, 1.54) is 7.11 Å². The molecule has 0 aliphatic carbocycles. The number of anilines is 1. The van der Waals surface area contributed by atoms with Crippen LogP contribution in [0, 0.1) is 0 Å². The third-order valence-electron chi connectivity index (χ3n) is 5.51. The van der Waals surface area contributed by atoms with Crippen LogP contribution >= 0.6 is 12.0 Å². The predicted molar refractivity (Wildman–Crippen MR) is 120 cm³/mol. The van der Waals surface area contributed by atoms with E-state index in [9.17, 15) is 9.90 Å². The Hall–Kier alpha value is -2.95. The Morgan fingerprint density at radius 2 is 1.75 bits per heavy atom. The Morgan fingerprint density at radius 3 is 2.47 bits per heavy atom. The summed E-state index contributed by atoms with van der Waals surface area (Å²) < 4.78 is 10.3. The van der Waals surface area contributed by atoms with Crippen LogP contribution in [0.3, 0.4) is 0 Å². The Labute approximate surface area is 188 Å². The highest BCUT2D eigenvalue weighted by molar-refractivity contribution is 7.94. The van der Waals surface area contributed by atoms with E-state index >= 15 is 0 Å². The van der Waals surface area contributed by atoms with Crippen LogP contribution in [0.25, 0.3) is 10.8 Å². The number of nitrogens with zero attached hydrogens (tertiary/aromatic N) is 2. The van der Waals surface area contributed by atoms with Crippen molar-refractivity contribution in [3.8, 4) is 5.75 Å². The second-order valence-electron chi connectivity index (χ2n) is 7.27. The molecule has 32 heavy (non-hydrogen) atoms. The topological polar surface area (TPSA) is 89.8 Å². The fourth-order valence-electron chi connectivity index (χ4n) is 4.13. The lowest BCUT2D eigenvalue weighted by Gasteiger charge is -2.31. The average Bonchev–Trinajstić information content (AvgIpc) is 3.18. The van der Waals surface area contributed by atoms with Crippen LogP contribution in [0.1, 0.15) is 21.5 Å². The summed E-state index contributed by atoms with van der Waals surface area (Å²) >= 11 is 0.987. The van der Waals surface area contributed by atoms with Gasteiger partial charge in [-0.25, -0.2) is 9.88 Å². The lowest BCUT2D eigenvalue weighted by Crippen LogP contribution is -2.37. The molecule has 1 N–H and O–H groups in total. The minimum absolute atomic E-state index is 0.0625. The molecule has 2 aliphatic heterocycles. The van der Waals surface area contributed by atoms with Crippen LogP contribution < -0.4 is 4.90 Å². The van der Waals surface area contributed by atoms with Gasteiger partial charge in [-0.2, -0.15) is 0 Å². The maximum atomic E-state index is 13.1. The second-order valence-corrected chi connectivity index (χ2v) is 8.04. The largest absolute Gasteiger partial charge is 0.507 e. The van der Waals surface area contributed by atoms with Crippen molar-refractivity contribution in [2.75, 3.05) is 38.3 Å². The number of rotatable bonds is 6. The van der Waals surface area contributed by atoms with Gasteiger partial charge >= 0.3 is 0 Å². The smallest absolute Gasteiger partial charge is 0.280 e. The minimum atomic E-state index is -0.354. The van der Waals surface area contributed by atoms with Crippen molar-refractivity contribution in [3.05, 3.63) is 65.2 Å². The zero-order chi connectivity index (χ0) is 22.1. The number of aliphatic imine (C=N–C) groups is 1. The zero-order valence-corrected chi connectivity index (χ0v) is 18.1. The van der Waals surface area contributed by atoms with Crippen molar-refractivity contribution in [1.29, 1.82) is 0 Å². The number of fused-ring (bicyclic) bond motifs is 2.